The van der Waals surface area contributed by atoms with E-state index in [1.807, 2.05) is 19.4 Å². The number of aryl methyl sites for hydroxylation is 1. The second kappa shape index (κ2) is 7.81. The number of alkyl halides is 1. The minimum absolute atomic E-state index is 0.785. The molecule has 1 heterocycles. The summed E-state index contributed by atoms with van der Waals surface area (Å²) in [6.07, 6.45) is 4.82. The SMILES string of the molecule is COCCN(CCBr)CCc1nccn1C. The summed E-state index contributed by atoms with van der Waals surface area (Å²) >= 11 is 3.47. The molecular formula is C11H20BrN3O. The van der Waals surface area contributed by atoms with Crippen molar-refractivity contribution >= 4 is 15.9 Å². The molecule has 92 valence electrons. The van der Waals surface area contributed by atoms with Crippen molar-refractivity contribution in [1.29, 1.82) is 0 Å². The van der Waals surface area contributed by atoms with Crippen molar-refractivity contribution in [2.24, 2.45) is 7.05 Å². The molecule has 1 rings (SSSR count). The van der Waals surface area contributed by atoms with Crippen LogP contribution in [0, 0.1) is 0 Å². The van der Waals surface area contributed by atoms with E-state index in [1.165, 1.54) is 0 Å². The van der Waals surface area contributed by atoms with Crippen LogP contribution >= 0.6 is 15.9 Å². The molecule has 0 aliphatic carbocycles. The van der Waals surface area contributed by atoms with Crippen molar-refractivity contribution in [1.82, 2.24) is 14.5 Å². The predicted octanol–water partition coefficient (Wildman–Crippen LogP) is 1.31. The minimum atomic E-state index is 0.785. The van der Waals surface area contributed by atoms with Crippen LogP contribution in [-0.2, 0) is 18.2 Å². The Morgan fingerprint density at radius 2 is 2.25 bits per heavy atom. The Labute approximate surface area is 106 Å². The Morgan fingerprint density at radius 1 is 1.44 bits per heavy atom. The van der Waals surface area contributed by atoms with Crippen molar-refractivity contribution in [3.63, 3.8) is 0 Å². The summed E-state index contributed by atoms with van der Waals surface area (Å²) in [5.74, 6) is 1.14. The summed E-state index contributed by atoms with van der Waals surface area (Å²) in [7, 11) is 3.78. The number of halogens is 1. The predicted molar refractivity (Wildman–Crippen MR) is 69.0 cm³/mol. The number of rotatable bonds is 8. The lowest BCUT2D eigenvalue weighted by Crippen LogP contribution is -2.31. The molecule has 4 nitrogen and oxygen atoms in total. The highest BCUT2D eigenvalue weighted by Gasteiger charge is 2.06. The first-order valence-corrected chi connectivity index (χ1v) is 6.63. The summed E-state index contributed by atoms with van der Waals surface area (Å²) in [6, 6.07) is 0. The van der Waals surface area contributed by atoms with Crippen molar-refractivity contribution < 1.29 is 4.74 Å². The molecule has 5 heteroatoms. The van der Waals surface area contributed by atoms with Gasteiger partial charge in [0.2, 0.25) is 0 Å². The van der Waals surface area contributed by atoms with Gasteiger partial charge < -0.3 is 9.30 Å². The van der Waals surface area contributed by atoms with Crippen molar-refractivity contribution in [3.05, 3.63) is 18.2 Å². The summed E-state index contributed by atoms with van der Waals surface area (Å²) in [6.45, 7) is 3.84. The van der Waals surface area contributed by atoms with E-state index >= 15 is 0 Å². The van der Waals surface area contributed by atoms with E-state index in [0.717, 1.165) is 43.8 Å². The Hall–Kier alpha value is -0.390. The van der Waals surface area contributed by atoms with E-state index in [1.54, 1.807) is 7.11 Å². The molecule has 0 aromatic carbocycles. The first-order chi connectivity index (χ1) is 7.77. The lowest BCUT2D eigenvalue weighted by atomic mass is 10.3. The molecule has 0 spiro atoms. The number of aromatic nitrogens is 2. The summed E-state index contributed by atoms with van der Waals surface area (Å²) in [5.41, 5.74) is 0. The van der Waals surface area contributed by atoms with E-state index in [0.29, 0.717) is 0 Å². The number of ether oxygens (including phenoxy) is 1. The molecule has 0 saturated heterocycles. The average Bonchev–Trinajstić information content (AvgIpc) is 2.68. The molecule has 0 aliphatic rings. The van der Waals surface area contributed by atoms with Crippen LogP contribution in [0.1, 0.15) is 5.82 Å². The molecule has 0 radical (unpaired) electrons. The van der Waals surface area contributed by atoms with Crippen molar-refractivity contribution in [3.8, 4) is 0 Å². The van der Waals surface area contributed by atoms with Gasteiger partial charge in [0.25, 0.3) is 0 Å². The Kier molecular flexibility index (Phi) is 6.68. The highest BCUT2D eigenvalue weighted by Crippen LogP contribution is 1.99. The van der Waals surface area contributed by atoms with Crippen molar-refractivity contribution in [2.45, 2.75) is 6.42 Å². The first kappa shape index (κ1) is 13.7. The van der Waals surface area contributed by atoms with Gasteiger partial charge in [-0.2, -0.15) is 0 Å². The van der Waals surface area contributed by atoms with Gasteiger partial charge in [-0.15, -0.1) is 0 Å². The number of methoxy groups -OCH3 is 1. The van der Waals surface area contributed by atoms with Crippen LogP contribution in [-0.4, -0.2) is 53.1 Å². The fraction of sp³-hybridized carbons (Fsp3) is 0.727. The van der Waals surface area contributed by atoms with Crippen LogP contribution in [0.25, 0.3) is 0 Å². The second-order valence-corrected chi connectivity index (χ2v) is 4.52. The van der Waals surface area contributed by atoms with Gasteiger partial charge in [-0.3, -0.25) is 4.90 Å². The zero-order valence-corrected chi connectivity index (χ0v) is 11.6. The molecule has 0 aliphatic heterocycles. The van der Waals surface area contributed by atoms with Gasteiger partial charge in [0.15, 0.2) is 0 Å². The molecule has 0 N–H and O–H groups in total. The molecule has 0 saturated carbocycles. The highest BCUT2D eigenvalue weighted by molar-refractivity contribution is 9.09. The highest BCUT2D eigenvalue weighted by atomic mass is 79.9. The lowest BCUT2D eigenvalue weighted by Gasteiger charge is -2.20. The number of nitrogens with zero attached hydrogens (tertiary/aromatic N) is 3. The van der Waals surface area contributed by atoms with Gasteiger partial charge in [0, 0.05) is 57.9 Å². The van der Waals surface area contributed by atoms with Crippen LogP contribution < -0.4 is 0 Å². The minimum Gasteiger partial charge on any atom is -0.383 e. The van der Waals surface area contributed by atoms with Gasteiger partial charge in [0.05, 0.1) is 6.61 Å². The maximum Gasteiger partial charge on any atom is 0.109 e. The van der Waals surface area contributed by atoms with Gasteiger partial charge in [-0.25, -0.2) is 4.98 Å². The van der Waals surface area contributed by atoms with E-state index in [-0.39, 0.29) is 0 Å². The normalized spacial score (nSPS) is 11.2. The average molecular weight is 290 g/mol. The smallest absolute Gasteiger partial charge is 0.109 e. The van der Waals surface area contributed by atoms with Gasteiger partial charge in [-0.05, 0) is 0 Å². The summed E-state index contributed by atoms with van der Waals surface area (Å²) in [4.78, 5) is 6.70. The van der Waals surface area contributed by atoms with Gasteiger partial charge >= 0.3 is 0 Å². The molecule has 1 aromatic heterocycles. The van der Waals surface area contributed by atoms with Crippen LogP contribution in [0.2, 0.25) is 0 Å². The van der Waals surface area contributed by atoms with Crippen LogP contribution in [0.5, 0.6) is 0 Å². The fourth-order valence-corrected chi connectivity index (χ4v) is 2.07. The third kappa shape index (κ3) is 4.63. The monoisotopic (exact) mass is 289 g/mol. The maximum absolute atomic E-state index is 5.10. The van der Waals surface area contributed by atoms with Crippen LogP contribution in [0.4, 0.5) is 0 Å². The zero-order valence-electron chi connectivity index (χ0n) is 10.0. The summed E-state index contributed by atoms with van der Waals surface area (Å²) in [5, 5.41) is 0.997. The van der Waals surface area contributed by atoms with Crippen molar-refractivity contribution in [2.75, 3.05) is 38.7 Å². The first-order valence-electron chi connectivity index (χ1n) is 5.51. The third-order valence-corrected chi connectivity index (χ3v) is 2.94. The van der Waals surface area contributed by atoms with E-state index in [2.05, 4.69) is 30.4 Å². The topological polar surface area (TPSA) is 30.3 Å². The van der Waals surface area contributed by atoms with E-state index in [9.17, 15) is 0 Å². The fourth-order valence-electron chi connectivity index (χ4n) is 1.57. The van der Waals surface area contributed by atoms with Crippen LogP contribution in [0.15, 0.2) is 12.4 Å². The largest absolute Gasteiger partial charge is 0.383 e. The summed E-state index contributed by atoms with van der Waals surface area (Å²) < 4.78 is 7.17. The van der Waals surface area contributed by atoms with Gasteiger partial charge in [0.1, 0.15) is 5.82 Å². The third-order valence-electron chi connectivity index (χ3n) is 2.58. The lowest BCUT2D eigenvalue weighted by molar-refractivity contribution is 0.152. The second-order valence-electron chi connectivity index (χ2n) is 3.73. The number of imidazole rings is 1. The standard InChI is InChI=1S/C11H20BrN3O/c1-14-8-5-13-11(14)3-6-15(7-4-12)9-10-16-2/h5,8H,3-4,6-7,9-10H2,1-2H3. The molecule has 16 heavy (non-hydrogen) atoms. The molecule has 0 bridgehead atoms. The Balaban J connectivity index is 2.34. The quantitative estimate of drug-likeness (QED) is 0.676. The van der Waals surface area contributed by atoms with E-state index in [4.69, 9.17) is 4.74 Å². The Bertz CT molecular complexity index is 291. The zero-order chi connectivity index (χ0) is 11.8. The van der Waals surface area contributed by atoms with E-state index < -0.39 is 0 Å². The molecular weight excluding hydrogens is 270 g/mol. The molecule has 0 unspecified atom stereocenters. The molecule has 0 fully saturated rings. The molecule has 0 amide bonds. The molecule has 0 atom stereocenters. The molecule has 1 aromatic rings. The Morgan fingerprint density at radius 3 is 2.81 bits per heavy atom. The number of hydrogen-bond donors (Lipinski definition) is 0. The van der Waals surface area contributed by atoms with Crippen LogP contribution in [0.3, 0.4) is 0 Å². The maximum atomic E-state index is 5.10. The van der Waals surface area contributed by atoms with Gasteiger partial charge in [-0.1, -0.05) is 15.9 Å². The number of hydrogen-bond acceptors (Lipinski definition) is 3.